The Morgan fingerprint density at radius 3 is 2.24 bits per heavy atom. The van der Waals surface area contributed by atoms with Gasteiger partial charge in [-0.25, -0.2) is 13.2 Å². The standard InChI is InChI=1S/C30H31F3/c1-2-3-4-5-6-22-12-16-27(28(31)18-22)24-13-9-21(10-14-24)7-8-23-11-15-25-19-29(32)30(33)20-26(25)17-23/h11-12,15-21,24H,2-6,9-10,13-14H2,1H3. The lowest BCUT2D eigenvalue weighted by molar-refractivity contribution is 0.376. The van der Waals surface area contributed by atoms with E-state index in [0.29, 0.717) is 10.8 Å². The minimum absolute atomic E-state index is 0.0580. The molecule has 0 radical (unpaired) electrons. The molecule has 0 heterocycles. The number of rotatable bonds is 6. The molecule has 0 atom stereocenters. The van der Waals surface area contributed by atoms with Crippen molar-refractivity contribution in [2.24, 2.45) is 5.92 Å². The van der Waals surface area contributed by atoms with Crippen LogP contribution in [-0.4, -0.2) is 0 Å². The van der Waals surface area contributed by atoms with Crippen LogP contribution in [0.4, 0.5) is 13.2 Å². The molecule has 0 N–H and O–H groups in total. The Labute approximate surface area is 195 Å². The number of aryl methyl sites for hydroxylation is 1. The summed E-state index contributed by atoms with van der Waals surface area (Å²) in [5, 5.41) is 1.31. The zero-order chi connectivity index (χ0) is 23.2. The summed E-state index contributed by atoms with van der Waals surface area (Å²) in [5.74, 6) is 5.35. The van der Waals surface area contributed by atoms with E-state index in [2.05, 4.69) is 24.8 Å². The second-order valence-corrected chi connectivity index (χ2v) is 9.31. The van der Waals surface area contributed by atoms with Crippen LogP contribution in [-0.2, 0) is 6.42 Å². The first-order chi connectivity index (χ1) is 16.0. The molecule has 0 unspecified atom stereocenters. The van der Waals surface area contributed by atoms with E-state index >= 15 is 0 Å². The molecule has 1 saturated carbocycles. The molecule has 1 aliphatic carbocycles. The minimum atomic E-state index is -0.845. The maximum Gasteiger partial charge on any atom is 0.159 e. The number of hydrogen-bond donors (Lipinski definition) is 0. The molecule has 0 saturated heterocycles. The van der Waals surface area contributed by atoms with E-state index in [4.69, 9.17) is 0 Å². The molecule has 0 nitrogen and oxygen atoms in total. The summed E-state index contributed by atoms with van der Waals surface area (Å²) >= 11 is 0. The summed E-state index contributed by atoms with van der Waals surface area (Å²) in [7, 11) is 0. The van der Waals surface area contributed by atoms with E-state index < -0.39 is 11.6 Å². The van der Waals surface area contributed by atoms with E-state index in [1.807, 2.05) is 12.1 Å². The number of halogens is 3. The highest BCUT2D eigenvalue weighted by Crippen LogP contribution is 2.37. The van der Waals surface area contributed by atoms with Gasteiger partial charge in [0.2, 0.25) is 0 Å². The van der Waals surface area contributed by atoms with E-state index in [9.17, 15) is 13.2 Å². The van der Waals surface area contributed by atoms with Gasteiger partial charge in [-0.3, -0.25) is 0 Å². The summed E-state index contributed by atoms with van der Waals surface area (Å²) in [5.41, 5.74) is 2.75. The molecule has 1 fully saturated rings. The zero-order valence-electron chi connectivity index (χ0n) is 19.3. The Bertz CT molecular complexity index is 1160. The quantitative estimate of drug-likeness (QED) is 0.261. The molecule has 3 aromatic carbocycles. The maximum atomic E-state index is 14.8. The van der Waals surface area contributed by atoms with Crippen molar-refractivity contribution in [1.82, 2.24) is 0 Å². The van der Waals surface area contributed by atoms with Crippen LogP contribution < -0.4 is 0 Å². The van der Waals surface area contributed by atoms with Gasteiger partial charge in [0.25, 0.3) is 0 Å². The van der Waals surface area contributed by atoms with Crippen molar-refractivity contribution in [3.05, 3.63) is 82.7 Å². The first-order valence-corrected chi connectivity index (χ1v) is 12.2. The van der Waals surface area contributed by atoms with Crippen LogP contribution in [0.5, 0.6) is 0 Å². The average Bonchev–Trinajstić information content (AvgIpc) is 2.82. The fraction of sp³-hybridized carbons (Fsp3) is 0.400. The van der Waals surface area contributed by atoms with Gasteiger partial charge >= 0.3 is 0 Å². The molecule has 172 valence electrons. The first kappa shape index (κ1) is 23.4. The second kappa shape index (κ2) is 10.9. The third-order valence-electron chi connectivity index (χ3n) is 6.85. The molecule has 0 spiro atoms. The number of unbranched alkanes of at least 4 members (excludes halogenated alkanes) is 3. The highest BCUT2D eigenvalue weighted by molar-refractivity contribution is 5.84. The van der Waals surface area contributed by atoms with Crippen molar-refractivity contribution < 1.29 is 13.2 Å². The Morgan fingerprint density at radius 2 is 1.52 bits per heavy atom. The van der Waals surface area contributed by atoms with E-state index in [0.717, 1.165) is 55.2 Å². The Morgan fingerprint density at radius 1 is 0.758 bits per heavy atom. The van der Waals surface area contributed by atoms with Crippen LogP contribution in [0.25, 0.3) is 10.8 Å². The van der Waals surface area contributed by atoms with Crippen molar-refractivity contribution in [1.29, 1.82) is 0 Å². The predicted molar refractivity (Wildman–Crippen MR) is 130 cm³/mol. The lowest BCUT2D eigenvalue weighted by Gasteiger charge is -2.26. The molecule has 3 aromatic rings. The molecule has 33 heavy (non-hydrogen) atoms. The second-order valence-electron chi connectivity index (χ2n) is 9.31. The van der Waals surface area contributed by atoms with Gasteiger partial charge in [0.1, 0.15) is 5.82 Å². The van der Waals surface area contributed by atoms with Crippen molar-refractivity contribution in [3.8, 4) is 11.8 Å². The number of fused-ring (bicyclic) bond motifs is 1. The summed E-state index contributed by atoms with van der Waals surface area (Å²) in [6, 6.07) is 13.7. The molecule has 0 aromatic heterocycles. The molecule has 1 aliphatic rings. The molecular weight excluding hydrogens is 417 g/mol. The Balaban J connectivity index is 1.34. The fourth-order valence-corrected chi connectivity index (χ4v) is 4.87. The van der Waals surface area contributed by atoms with Gasteiger partial charge in [-0.2, -0.15) is 0 Å². The largest absolute Gasteiger partial charge is 0.207 e. The third-order valence-corrected chi connectivity index (χ3v) is 6.85. The van der Waals surface area contributed by atoms with E-state index in [-0.39, 0.29) is 17.7 Å². The molecule has 0 bridgehead atoms. The van der Waals surface area contributed by atoms with Gasteiger partial charge in [-0.1, -0.05) is 56.2 Å². The monoisotopic (exact) mass is 448 g/mol. The van der Waals surface area contributed by atoms with E-state index in [1.54, 1.807) is 18.2 Å². The average molecular weight is 449 g/mol. The molecular formula is C30H31F3. The van der Waals surface area contributed by atoms with E-state index in [1.165, 1.54) is 31.4 Å². The van der Waals surface area contributed by atoms with Gasteiger partial charge in [0, 0.05) is 11.5 Å². The molecule has 4 rings (SSSR count). The topological polar surface area (TPSA) is 0 Å². The van der Waals surface area contributed by atoms with Crippen LogP contribution in [0.2, 0.25) is 0 Å². The summed E-state index contributed by atoms with van der Waals surface area (Å²) in [6.45, 7) is 2.20. The number of hydrogen-bond acceptors (Lipinski definition) is 0. The molecule has 3 heteroatoms. The summed E-state index contributed by atoms with van der Waals surface area (Å²) < 4.78 is 41.7. The van der Waals surface area contributed by atoms with Gasteiger partial charge in [-0.15, -0.1) is 0 Å². The highest BCUT2D eigenvalue weighted by Gasteiger charge is 2.23. The van der Waals surface area contributed by atoms with Crippen LogP contribution in [0.3, 0.4) is 0 Å². The van der Waals surface area contributed by atoms with Crippen molar-refractivity contribution >= 4 is 10.8 Å². The Hall–Kier alpha value is -2.73. The Kier molecular flexibility index (Phi) is 7.76. The van der Waals surface area contributed by atoms with Crippen LogP contribution in [0.1, 0.15) is 80.9 Å². The zero-order valence-corrected chi connectivity index (χ0v) is 19.3. The van der Waals surface area contributed by atoms with Crippen molar-refractivity contribution in [2.45, 2.75) is 70.6 Å². The number of benzene rings is 3. The molecule has 0 amide bonds. The lowest BCUT2D eigenvalue weighted by atomic mass is 9.78. The predicted octanol–water partition coefficient (Wildman–Crippen LogP) is 8.71. The lowest BCUT2D eigenvalue weighted by Crippen LogP contribution is -2.13. The molecule has 0 aliphatic heterocycles. The first-order valence-electron chi connectivity index (χ1n) is 12.2. The minimum Gasteiger partial charge on any atom is -0.207 e. The summed E-state index contributed by atoms with van der Waals surface area (Å²) in [4.78, 5) is 0. The SMILES string of the molecule is CCCCCCc1ccc(C2CCC(C#Cc3ccc4cc(F)c(F)cc4c3)CC2)c(F)c1. The van der Waals surface area contributed by atoms with Crippen LogP contribution in [0, 0.1) is 35.2 Å². The van der Waals surface area contributed by atoms with Crippen molar-refractivity contribution in [3.63, 3.8) is 0 Å². The normalized spacial score (nSPS) is 18.2. The third kappa shape index (κ3) is 5.99. The van der Waals surface area contributed by atoms with Gasteiger partial charge < -0.3 is 0 Å². The van der Waals surface area contributed by atoms with Gasteiger partial charge in [-0.05, 0) is 96.7 Å². The summed E-state index contributed by atoms with van der Waals surface area (Å²) in [6.07, 6.45) is 9.51. The smallest absolute Gasteiger partial charge is 0.159 e. The highest BCUT2D eigenvalue weighted by atomic mass is 19.2. The van der Waals surface area contributed by atoms with Gasteiger partial charge in [0.05, 0.1) is 0 Å². The fourth-order valence-electron chi connectivity index (χ4n) is 4.87. The van der Waals surface area contributed by atoms with Crippen LogP contribution in [0.15, 0.2) is 48.5 Å². The maximum absolute atomic E-state index is 14.8. The van der Waals surface area contributed by atoms with Crippen LogP contribution >= 0.6 is 0 Å². The van der Waals surface area contributed by atoms with Crippen molar-refractivity contribution in [2.75, 3.05) is 0 Å². The van der Waals surface area contributed by atoms with Gasteiger partial charge in [0.15, 0.2) is 11.6 Å².